The van der Waals surface area contributed by atoms with Gasteiger partial charge in [0.05, 0.1) is 0 Å². The van der Waals surface area contributed by atoms with Gasteiger partial charge in [-0.05, 0) is 49.2 Å². The molecular formula is C21H25N3O3. The lowest BCUT2D eigenvalue weighted by Crippen LogP contribution is -2.50. The Balaban J connectivity index is 1.35. The van der Waals surface area contributed by atoms with Crippen LogP contribution in [-0.4, -0.2) is 50.3 Å². The van der Waals surface area contributed by atoms with Crippen molar-refractivity contribution in [2.75, 3.05) is 49.6 Å². The van der Waals surface area contributed by atoms with Gasteiger partial charge in [-0.3, -0.25) is 0 Å². The molecule has 0 bridgehead atoms. The molecule has 1 N–H and O–H groups in total. The minimum Gasteiger partial charge on any atom is -0.486 e. The van der Waals surface area contributed by atoms with Crippen LogP contribution in [0.15, 0.2) is 36.4 Å². The van der Waals surface area contributed by atoms with Crippen LogP contribution in [-0.2, 0) is 0 Å². The maximum Gasteiger partial charge on any atom is 0.321 e. The summed E-state index contributed by atoms with van der Waals surface area (Å²) in [5, 5.41) is 3.01. The molecule has 142 valence electrons. The van der Waals surface area contributed by atoms with E-state index in [9.17, 15) is 4.79 Å². The molecule has 0 aromatic heterocycles. The van der Waals surface area contributed by atoms with E-state index in [1.807, 2.05) is 35.2 Å². The Kier molecular flexibility index (Phi) is 4.79. The van der Waals surface area contributed by atoms with Crippen molar-refractivity contribution in [3.8, 4) is 11.5 Å². The standard InChI is InChI=1S/C21H25N3O3/c1-15-3-4-17(13-16(15)2)22-21(25)24-9-7-23(8-10-24)18-5-6-19-20(14-18)27-12-11-26-19/h3-6,13-14H,7-12H2,1-2H3,(H,22,25). The van der Waals surface area contributed by atoms with Crippen molar-refractivity contribution < 1.29 is 14.3 Å². The first-order chi connectivity index (χ1) is 13.1. The van der Waals surface area contributed by atoms with E-state index in [-0.39, 0.29) is 6.03 Å². The average Bonchev–Trinajstić information content (AvgIpc) is 2.70. The Labute approximate surface area is 159 Å². The van der Waals surface area contributed by atoms with E-state index in [0.29, 0.717) is 26.3 Å². The minimum atomic E-state index is -0.0416. The lowest BCUT2D eigenvalue weighted by molar-refractivity contribution is 0.171. The SMILES string of the molecule is Cc1ccc(NC(=O)N2CCN(c3ccc4c(c3)OCCO4)CC2)cc1C. The summed E-state index contributed by atoms with van der Waals surface area (Å²) in [5.41, 5.74) is 4.35. The summed E-state index contributed by atoms with van der Waals surface area (Å²) in [5.74, 6) is 1.60. The van der Waals surface area contributed by atoms with Crippen LogP contribution in [0.4, 0.5) is 16.2 Å². The molecule has 2 aliphatic rings. The third-order valence-corrected chi connectivity index (χ3v) is 5.22. The molecule has 4 rings (SSSR count). The molecule has 0 unspecified atom stereocenters. The second-order valence-electron chi connectivity index (χ2n) is 7.03. The molecule has 6 heteroatoms. The smallest absolute Gasteiger partial charge is 0.321 e. The van der Waals surface area contributed by atoms with E-state index >= 15 is 0 Å². The predicted octanol–water partition coefficient (Wildman–Crippen LogP) is 3.43. The van der Waals surface area contributed by atoms with Crippen molar-refractivity contribution in [2.45, 2.75) is 13.8 Å². The summed E-state index contributed by atoms with van der Waals surface area (Å²) in [6, 6.07) is 12.0. The molecule has 0 radical (unpaired) electrons. The van der Waals surface area contributed by atoms with Gasteiger partial charge in [0.25, 0.3) is 0 Å². The molecule has 2 amide bonds. The number of hydrogen-bond donors (Lipinski definition) is 1. The number of nitrogens with one attached hydrogen (secondary N) is 1. The topological polar surface area (TPSA) is 54.0 Å². The number of carbonyl (C=O) groups is 1. The number of fused-ring (bicyclic) bond motifs is 1. The Morgan fingerprint density at radius 1 is 0.889 bits per heavy atom. The monoisotopic (exact) mass is 367 g/mol. The van der Waals surface area contributed by atoms with Crippen LogP contribution < -0.4 is 19.7 Å². The average molecular weight is 367 g/mol. The highest BCUT2D eigenvalue weighted by atomic mass is 16.6. The van der Waals surface area contributed by atoms with Crippen molar-refractivity contribution in [3.05, 3.63) is 47.5 Å². The zero-order valence-electron chi connectivity index (χ0n) is 15.8. The van der Waals surface area contributed by atoms with Crippen LogP contribution in [0.3, 0.4) is 0 Å². The van der Waals surface area contributed by atoms with E-state index in [2.05, 4.69) is 30.1 Å². The maximum absolute atomic E-state index is 12.6. The third kappa shape index (κ3) is 3.79. The van der Waals surface area contributed by atoms with Gasteiger partial charge in [0.15, 0.2) is 11.5 Å². The first-order valence-electron chi connectivity index (χ1n) is 9.38. The van der Waals surface area contributed by atoms with Crippen molar-refractivity contribution in [2.24, 2.45) is 0 Å². The molecule has 6 nitrogen and oxygen atoms in total. The summed E-state index contributed by atoms with van der Waals surface area (Å²) >= 11 is 0. The molecule has 27 heavy (non-hydrogen) atoms. The van der Waals surface area contributed by atoms with Gasteiger partial charge in [0.2, 0.25) is 0 Å². The number of carbonyl (C=O) groups excluding carboxylic acids is 1. The maximum atomic E-state index is 12.6. The number of benzene rings is 2. The number of rotatable bonds is 2. The normalized spacial score (nSPS) is 16.2. The summed E-state index contributed by atoms with van der Waals surface area (Å²) in [6.07, 6.45) is 0. The van der Waals surface area contributed by atoms with Crippen LogP contribution in [0, 0.1) is 13.8 Å². The zero-order valence-corrected chi connectivity index (χ0v) is 15.8. The molecule has 2 aromatic rings. The van der Waals surface area contributed by atoms with Crippen LogP contribution >= 0.6 is 0 Å². The molecule has 2 heterocycles. The largest absolute Gasteiger partial charge is 0.486 e. The number of hydrogen-bond acceptors (Lipinski definition) is 4. The highest BCUT2D eigenvalue weighted by Crippen LogP contribution is 2.34. The van der Waals surface area contributed by atoms with Crippen molar-refractivity contribution in [1.82, 2.24) is 4.90 Å². The second-order valence-corrected chi connectivity index (χ2v) is 7.03. The predicted molar refractivity (Wildman–Crippen MR) is 106 cm³/mol. The van der Waals surface area contributed by atoms with Crippen molar-refractivity contribution in [1.29, 1.82) is 0 Å². The first kappa shape index (κ1) is 17.5. The fourth-order valence-electron chi connectivity index (χ4n) is 3.42. The molecule has 0 saturated carbocycles. The van der Waals surface area contributed by atoms with E-state index in [1.54, 1.807) is 0 Å². The van der Waals surface area contributed by atoms with Gasteiger partial charge in [-0.15, -0.1) is 0 Å². The van der Waals surface area contributed by atoms with E-state index in [0.717, 1.165) is 36.0 Å². The molecule has 0 aliphatic carbocycles. The van der Waals surface area contributed by atoms with Gasteiger partial charge in [0.1, 0.15) is 13.2 Å². The molecule has 0 atom stereocenters. The Hall–Kier alpha value is -2.89. The van der Waals surface area contributed by atoms with Gasteiger partial charge in [-0.2, -0.15) is 0 Å². The fraction of sp³-hybridized carbons (Fsp3) is 0.381. The molecule has 0 spiro atoms. The fourth-order valence-corrected chi connectivity index (χ4v) is 3.42. The highest BCUT2D eigenvalue weighted by Gasteiger charge is 2.22. The molecule has 1 fully saturated rings. The van der Waals surface area contributed by atoms with Gasteiger partial charge < -0.3 is 24.6 Å². The lowest BCUT2D eigenvalue weighted by Gasteiger charge is -2.36. The van der Waals surface area contributed by atoms with Crippen molar-refractivity contribution in [3.63, 3.8) is 0 Å². The van der Waals surface area contributed by atoms with Gasteiger partial charge in [0, 0.05) is 43.6 Å². The van der Waals surface area contributed by atoms with Crippen LogP contribution in [0.1, 0.15) is 11.1 Å². The Morgan fingerprint density at radius 2 is 1.63 bits per heavy atom. The number of urea groups is 1. The molecule has 1 saturated heterocycles. The quantitative estimate of drug-likeness (QED) is 0.884. The minimum absolute atomic E-state index is 0.0416. The molecule has 2 aromatic carbocycles. The second kappa shape index (κ2) is 7.39. The summed E-state index contributed by atoms with van der Waals surface area (Å²) in [7, 11) is 0. The lowest BCUT2D eigenvalue weighted by atomic mass is 10.1. The Bertz CT molecular complexity index is 845. The van der Waals surface area contributed by atoms with E-state index in [4.69, 9.17) is 9.47 Å². The van der Waals surface area contributed by atoms with Crippen molar-refractivity contribution >= 4 is 17.4 Å². The summed E-state index contributed by atoms with van der Waals surface area (Å²) in [4.78, 5) is 16.7. The molecular weight excluding hydrogens is 342 g/mol. The highest BCUT2D eigenvalue weighted by molar-refractivity contribution is 5.89. The summed E-state index contributed by atoms with van der Waals surface area (Å²) < 4.78 is 11.3. The summed E-state index contributed by atoms with van der Waals surface area (Å²) in [6.45, 7) is 8.26. The molecule has 2 aliphatic heterocycles. The van der Waals surface area contributed by atoms with Crippen LogP contribution in [0.5, 0.6) is 11.5 Å². The number of anilines is 2. The number of aryl methyl sites for hydroxylation is 2. The third-order valence-electron chi connectivity index (χ3n) is 5.22. The number of amides is 2. The van der Waals surface area contributed by atoms with Gasteiger partial charge >= 0.3 is 6.03 Å². The van der Waals surface area contributed by atoms with Gasteiger partial charge in [-0.1, -0.05) is 6.07 Å². The van der Waals surface area contributed by atoms with Gasteiger partial charge in [-0.25, -0.2) is 4.79 Å². The van der Waals surface area contributed by atoms with E-state index < -0.39 is 0 Å². The Morgan fingerprint density at radius 3 is 2.37 bits per heavy atom. The number of piperazine rings is 1. The zero-order chi connectivity index (χ0) is 18.8. The van der Waals surface area contributed by atoms with Crippen LogP contribution in [0.25, 0.3) is 0 Å². The number of nitrogens with zero attached hydrogens (tertiary/aromatic N) is 2. The number of ether oxygens (including phenoxy) is 2. The first-order valence-corrected chi connectivity index (χ1v) is 9.38. The van der Waals surface area contributed by atoms with Crippen LogP contribution in [0.2, 0.25) is 0 Å². The van der Waals surface area contributed by atoms with E-state index in [1.165, 1.54) is 11.1 Å².